The number of aldehydes is 1. The van der Waals surface area contributed by atoms with Crippen LogP contribution in [0.3, 0.4) is 0 Å². The van der Waals surface area contributed by atoms with Crippen molar-refractivity contribution in [2.24, 2.45) is 0 Å². The summed E-state index contributed by atoms with van der Waals surface area (Å²) >= 11 is 0. The van der Waals surface area contributed by atoms with E-state index in [1.807, 2.05) is 0 Å². The summed E-state index contributed by atoms with van der Waals surface area (Å²) in [6.45, 7) is 0. The maximum Gasteiger partial charge on any atom is 0.150 e. The van der Waals surface area contributed by atoms with Gasteiger partial charge in [0.15, 0.2) is 0 Å². The van der Waals surface area contributed by atoms with Gasteiger partial charge in [-0.1, -0.05) is 25.0 Å². The molecule has 0 radical (unpaired) electrons. The average Bonchev–Trinajstić information content (AvgIpc) is 2.70. The normalized spacial score (nSPS) is 17.1. The van der Waals surface area contributed by atoms with Gasteiger partial charge in [-0.05, 0) is 24.8 Å². The summed E-state index contributed by atoms with van der Waals surface area (Å²) in [5.41, 5.74) is 1.51. The number of hydrogen-bond donors (Lipinski definition) is 1. The molecule has 1 aliphatic carbocycles. The van der Waals surface area contributed by atoms with Crippen LogP contribution in [0.2, 0.25) is 0 Å². The summed E-state index contributed by atoms with van der Waals surface area (Å²) in [5.74, 6) is 0.665. The molecule has 74 valence electrons. The van der Waals surface area contributed by atoms with Crippen LogP contribution in [0.4, 0.5) is 0 Å². The third-order valence-electron chi connectivity index (χ3n) is 3.01. The second kappa shape index (κ2) is 3.82. The number of benzene rings is 1. The second-order valence-corrected chi connectivity index (χ2v) is 3.88. The molecule has 0 heterocycles. The molecule has 1 aromatic rings. The summed E-state index contributed by atoms with van der Waals surface area (Å²) in [6.07, 6.45) is 5.44. The molecule has 0 spiro atoms. The highest BCUT2D eigenvalue weighted by atomic mass is 16.3. The van der Waals surface area contributed by atoms with Crippen LogP contribution in [0.15, 0.2) is 18.2 Å². The molecule has 2 heteroatoms. The molecule has 2 rings (SSSR count). The fourth-order valence-corrected chi connectivity index (χ4v) is 2.33. The second-order valence-electron chi connectivity index (χ2n) is 3.88. The molecule has 1 N–H and O–H groups in total. The van der Waals surface area contributed by atoms with E-state index < -0.39 is 0 Å². The fraction of sp³-hybridized carbons (Fsp3) is 0.417. The van der Waals surface area contributed by atoms with E-state index in [0.29, 0.717) is 11.5 Å². The van der Waals surface area contributed by atoms with Crippen molar-refractivity contribution in [1.29, 1.82) is 0 Å². The molecule has 0 saturated heterocycles. The number of phenols is 1. The van der Waals surface area contributed by atoms with Gasteiger partial charge >= 0.3 is 0 Å². The lowest BCUT2D eigenvalue weighted by Crippen LogP contribution is -1.98. The number of carbonyl (C=O) groups excluding carboxylic acids is 1. The third kappa shape index (κ3) is 1.52. The van der Waals surface area contributed by atoms with E-state index in [9.17, 15) is 9.90 Å². The van der Waals surface area contributed by atoms with E-state index in [1.165, 1.54) is 12.8 Å². The Bertz CT molecular complexity index is 338. The predicted octanol–water partition coefficient (Wildman–Crippen LogP) is 2.86. The first-order valence-corrected chi connectivity index (χ1v) is 5.10. The Morgan fingerprint density at radius 3 is 2.64 bits per heavy atom. The summed E-state index contributed by atoms with van der Waals surface area (Å²) in [7, 11) is 0. The first-order chi connectivity index (χ1) is 6.83. The molecule has 1 fully saturated rings. The number of phenolic OH excluding ortho intramolecular Hbond substituents is 1. The van der Waals surface area contributed by atoms with E-state index in [-0.39, 0.29) is 5.75 Å². The van der Waals surface area contributed by atoms with Crippen molar-refractivity contribution in [2.75, 3.05) is 0 Å². The lowest BCUT2D eigenvalue weighted by atomic mass is 9.92. The minimum Gasteiger partial charge on any atom is -0.508 e. The van der Waals surface area contributed by atoms with Gasteiger partial charge in [0.1, 0.15) is 12.0 Å². The van der Waals surface area contributed by atoms with Gasteiger partial charge in [0.2, 0.25) is 0 Å². The number of hydrogen-bond acceptors (Lipinski definition) is 2. The zero-order chi connectivity index (χ0) is 9.97. The molecule has 0 amide bonds. The van der Waals surface area contributed by atoms with E-state index in [0.717, 1.165) is 24.7 Å². The molecule has 1 aliphatic rings. The van der Waals surface area contributed by atoms with Gasteiger partial charge in [0, 0.05) is 11.1 Å². The molecule has 0 aromatic heterocycles. The Morgan fingerprint density at radius 1 is 1.29 bits per heavy atom. The van der Waals surface area contributed by atoms with Crippen molar-refractivity contribution in [3.63, 3.8) is 0 Å². The average molecular weight is 190 g/mol. The number of rotatable bonds is 2. The first-order valence-electron chi connectivity index (χ1n) is 5.10. The van der Waals surface area contributed by atoms with Gasteiger partial charge < -0.3 is 5.11 Å². The zero-order valence-electron chi connectivity index (χ0n) is 8.07. The van der Waals surface area contributed by atoms with Crippen LogP contribution in [-0.4, -0.2) is 11.4 Å². The Balaban J connectivity index is 2.42. The first kappa shape index (κ1) is 9.25. The molecule has 14 heavy (non-hydrogen) atoms. The van der Waals surface area contributed by atoms with Crippen molar-refractivity contribution in [2.45, 2.75) is 31.6 Å². The maximum absolute atomic E-state index is 10.8. The van der Waals surface area contributed by atoms with Crippen LogP contribution < -0.4 is 0 Å². The predicted molar refractivity (Wildman–Crippen MR) is 54.7 cm³/mol. The Morgan fingerprint density at radius 2 is 2.00 bits per heavy atom. The lowest BCUT2D eigenvalue weighted by Gasteiger charge is -2.13. The molecule has 1 aromatic carbocycles. The molecule has 0 atom stereocenters. The molecule has 0 aliphatic heterocycles. The highest BCUT2D eigenvalue weighted by Gasteiger charge is 2.22. The molecule has 0 bridgehead atoms. The van der Waals surface area contributed by atoms with Crippen LogP contribution in [0.1, 0.15) is 47.5 Å². The van der Waals surface area contributed by atoms with Crippen LogP contribution in [-0.2, 0) is 0 Å². The van der Waals surface area contributed by atoms with Crippen molar-refractivity contribution < 1.29 is 9.90 Å². The maximum atomic E-state index is 10.8. The fourth-order valence-electron chi connectivity index (χ4n) is 2.33. The van der Waals surface area contributed by atoms with Crippen LogP contribution in [0.5, 0.6) is 5.75 Å². The standard InChI is InChI=1S/C12H14O2/c13-8-10-6-3-7-11(14)12(10)9-4-1-2-5-9/h3,6-9,14H,1-2,4-5H2. The van der Waals surface area contributed by atoms with Crippen molar-refractivity contribution in [3.05, 3.63) is 29.3 Å². The largest absolute Gasteiger partial charge is 0.508 e. The smallest absolute Gasteiger partial charge is 0.150 e. The van der Waals surface area contributed by atoms with E-state index >= 15 is 0 Å². The molecule has 2 nitrogen and oxygen atoms in total. The highest BCUT2D eigenvalue weighted by molar-refractivity contribution is 5.79. The van der Waals surface area contributed by atoms with Gasteiger partial charge in [-0.15, -0.1) is 0 Å². The Labute approximate surface area is 83.6 Å². The van der Waals surface area contributed by atoms with Crippen LogP contribution >= 0.6 is 0 Å². The summed E-state index contributed by atoms with van der Waals surface area (Å²) in [4.78, 5) is 10.8. The summed E-state index contributed by atoms with van der Waals surface area (Å²) in [5, 5.41) is 9.72. The molecular formula is C12H14O2. The van der Waals surface area contributed by atoms with E-state index in [2.05, 4.69) is 0 Å². The van der Waals surface area contributed by atoms with Gasteiger partial charge in [-0.3, -0.25) is 4.79 Å². The van der Waals surface area contributed by atoms with Crippen molar-refractivity contribution in [3.8, 4) is 5.75 Å². The quantitative estimate of drug-likeness (QED) is 0.728. The van der Waals surface area contributed by atoms with Crippen molar-refractivity contribution >= 4 is 6.29 Å². The monoisotopic (exact) mass is 190 g/mol. The number of carbonyl (C=O) groups is 1. The summed E-state index contributed by atoms with van der Waals surface area (Å²) in [6, 6.07) is 5.17. The molecule has 0 unspecified atom stereocenters. The molecule has 1 saturated carbocycles. The minimum absolute atomic E-state index is 0.279. The Hall–Kier alpha value is -1.31. The lowest BCUT2D eigenvalue weighted by molar-refractivity contribution is 0.112. The van der Waals surface area contributed by atoms with Gasteiger partial charge in [0.05, 0.1) is 0 Å². The SMILES string of the molecule is O=Cc1cccc(O)c1C1CCCC1. The molecular weight excluding hydrogens is 176 g/mol. The van der Waals surface area contributed by atoms with Gasteiger partial charge in [-0.2, -0.15) is 0 Å². The van der Waals surface area contributed by atoms with Gasteiger partial charge in [-0.25, -0.2) is 0 Å². The van der Waals surface area contributed by atoms with Crippen LogP contribution in [0.25, 0.3) is 0 Å². The van der Waals surface area contributed by atoms with Gasteiger partial charge in [0.25, 0.3) is 0 Å². The number of aromatic hydroxyl groups is 1. The van der Waals surface area contributed by atoms with Crippen molar-refractivity contribution in [1.82, 2.24) is 0 Å². The van der Waals surface area contributed by atoms with Crippen LogP contribution in [0, 0.1) is 0 Å². The van der Waals surface area contributed by atoms with E-state index in [4.69, 9.17) is 0 Å². The Kier molecular flexibility index (Phi) is 2.53. The minimum atomic E-state index is 0.279. The highest BCUT2D eigenvalue weighted by Crippen LogP contribution is 2.39. The van der Waals surface area contributed by atoms with E-state index in [1.54, 1.807) is 18.2 Å². The zero-order valence-corrected chi connectivity index (χ0v) is 8.07. The topological polar surface area (TPSA) is 37.3 Å². The third-order valence-corrected chi connectivity index (χ3v) is 3.01. The summed E-state index contributed by atoms with van der Waals surface area (Å²) < 4.78 is 0.